The van der Waals surface area contributed by atoms with E-state index < -0.39 is 17.9 Å². The molecule has 0 radical (unpaired) electrons. The Morgan fingerprint density at radius 3 is 2.57 bits per heavy atom. The van der Waals surface area contributed by atoms with Crippen molar-refractivity contribution >= 4 is 27.7 Å². The molecular weight excluding hydrogens is 364 g/mol. The number of hydrogen-bond acceptors (Lipinski definition) is 4. The molecule has 2 aromatic rings. The number of phenols is 1. The van der Waals surface area contributed by atoms with Gasteiger partial charge in [0.25, 0.3) is 11.8 Å². The summed E-state index contributed by atoms with van der Waals surface area (Å²) in [6.45, 7) is 1.56. The van der Waals surface area contributed by atoms with Crippen LogP contribution in [0, 0.1) is 0 Å². The summed E-state index contributed by atoms with van der Waals surface area (Å²) in [4.78, 5) is 23.8. The standard InChI is InChI=1S/C16H15BrN2O4/c1-10(23-12-6-4-5-11(17)9-12)15(21)18-19-16(22)13-7-2-3-8-14(13)20/h2-10,20H,1H3,(H,18,21)(H,19,22)/t10-/m0/s1. The van der Waals surface area contributed by atoms with Crippen LogP contribution in [0.3, 0.4) is 0 Å². The average molecular weight is 379 g/mol. The van der Waals surface area contributed by atoms with Crippen LogP contribution in [-0.2, 0) is 4.79 Å². The quantitative estimate of drug-likeness (QED) is 0.712. The smallest absolute Gasteiger partial charge is 0.279 e. The van der Waals surface area contributed by atoms with Crippen molar-refractivity contribution in [1.29, 1.82) is 0 Å². The van der Waals surface area contributed by atoms with Gasteiger partial charge < -0.3 is 9.84 Å². The fourth-order valence-electron chi connectivity index (χ4n) is 1.75. The van der Waals surface area contributed by atoms with E-state index in [9.17, 15) is 14.7 Å². The van der Waals surface area contributed by atoms with E-state index in [1.807, 2.05) is 6.07 Å². The predicted molar refractivity (Wildman–Crippen MR) is 87.9 cm³/mol. The molecule has 0 spiro atoms. The predicted octanol–water partition coefficient (Wildman–Crippen LogP) is 2.38. The third-order valence-corrected chi connectivity index (χ3v) is 3.42. The van der Waals surface area contributed by atoms with E-state index >= 15 is 0 Å². The molecule has 2 rings (SSSR count). The number of aromatic hydroxyl groups is 1. The molecule has 0 aliphatic carbocycles. The minimum Gasteiger partial charge on any atom is -0.507 e. The molecule has 3 N–H and O–H groups in total. The van der Waals surface area contributed by atoms with Crippen LogP contribution < -0.4 is 15.6 Å². The first-order chi connectivity index (χ1) is 11.0. The van der Waals surface area contributed by atoms with Gasteiger partial charge in [-0.25, -0.2) is 0 Å². The Morgan fingerprint density at radius 2 is 1.87 bits per heavy atom. The van der Waals surface area contributed by atoms with Crippen LogP contribution >= 0.6 is 15.9 Å². The van der Waals surface area contributed by atoms with Crippen LogP contribution in [0.4, 0.5) is 0 Å². The van der Waals surface area contributed by atoms with Crippen molar-refractivity contribution in [2.75, 3.05) is 0 Å². The highest BCUT2D eigenvalue weighted by Crippen LogP contribution is 2.19. The summed E-state index contributed by atoms with van der Waals surface area (Å²) >= 11 is 3.31. The van der Waals surface area contributed by atoms with Crippen molar-refractivity contribution in [3.8, 4) is 11.5 Å². The number of hydrazine groups is 1. The maximum atomic E-state index is 11.9. The van der Waals surface area contributed by atoms with Gasteiger partial charge in [-0.1, -0.05) is 34.1 Å². The van der Waals surface area contributed by atoms with Gasteiger partial charge in [-0.15, -0.1) is 0 Å². The summed E-state index contributed by atoms with van der Waals surface area (Å²) in [5.41, 5.74) is 4.55. The third-order valence-electron chi connectivity index (χ3n) is 2.93. The maximum Gasteiger partial charge on any atom is 0.279 e. The molecular formula is C16H15BrN2O4. The Kier molecular flexibility index (Phi) is 5.59. The number of nitrogens with one attached hydrogen (secondary N) is 2. The summed E-state index contributed by atoms with van der Waals surface area (Å²) < 4.78 is 6.31. The molecule has 120 valence electrons. The van der Waals surface area contributed by atoms with Gasteiger partial charge in [0.15, 0.2) is 6.10 Å². The monoisotopic (exact) mass is 378 g/mol. The Morgan fingerprint density at radius 1 is 1.13 bits per heavy atom. The number of rotatable bonds is 4. The molecule has 1 atom stereocenters. The van der Waals surface area contributed by atoms with Crippen LogP contribution in [0.25, 0.3) is 0 Å². The number of amides is 2. The number of carbonyl (C=O) groups excluding carboxylic acids is 2. The molecule has 0 unspecified atom stereocenters. The molecule has 0 fully saturated rings. The second kappa shape index (κ2) is 7.64. The summed E-state index contributed by atoms with van der Waals surface area (Å²) in [5, 5.41) is 9.57. The van der Waals surface area contributed by atoms with Crippen LogP contribution in [0.15, 0.2) is 53.0 Å². The molecule has 0 aromatic heterocycles. The molecule has 0 saturated carbocycles. The van der Waals surface area contributed by atoms with Gasteiger partial charge in [0.2, 0.25) is 0 Å². The lowest BCUT2D eigenvalue weighted by Crippen LogP contribution is -2.47. The van der Waals surface area contributed by atoms with Gasteiger partial charge in [-0.2, -0.15) is 0 Å². The van der Waals surface area contributed by atoms with Gasteiger partial charge in [-0.05, 0) is 37.3 Å². The van der Waals surface area contributed by atoms with Crippen molar-refractivity contribution in [3.63, 3.8) is 0 Å². The summed E-state index contributed by atoms with van der Waals surface area (Å²) in [6, 6.07) is 13.1. The molecule has 0 aliphatic heterocycles. The number of phenolic OH excluding ortho intramolecular Hbond substituents is 1. The first-order valence-electron chi connectivity index (χ1n) is 6.78. The van der Waals surface area contributed by atoms with E-state index in [1.165, 1.54) is 12.1 Å². The first kappa shape index (κ1) is 16.8. The Hall–Kier alpha value is -2.54. The fraction of sp³-hybridized carbons (Fsp3) is 0.125. The number of para-hydroxylation sites is 1. The second-order valence-corrected chi connectivity index (χ2v) is 5.59. The van der Waals surface area contributed by atoms with Crippen LogP contribution in [0.1, 0.15) is 17.3 Å². The van der Waals surface area contributed by atoms with E-state index in [0.717, 1.165) is 4.47 Å². The van der Waals surface area contributed by atoms with E-state index in [2.05, 4.69) is 26.8 Å². The van der Waals surface area contributed by atoms with Crippen molar-refractivity contribution < 1.29 is 19.4 Å². The molecule has 7 heteroatoms. The number of hydrogen-bond donors (Lipinski definition) is 3. The lowest BCUT2D eigenvalue weighted by Gasteiger charge is -2.15. The summed E-state index contributed by atoms with van der Waals surface area (Å²) in [7, 11) is 0. The van der Waals surface area contributed by atoms with Crippen molar-refractivity contribution in [1.82, 2.24) is 10.9 Å². The van der Waals surface area contributed by atoms with Gasteiger partial charge in [-0.3, -0.25) is 20.4 Å². The largest absolute Gasteiger partial charge is 0.507 e. The van der Waals surface area contributed by atoms with Gasteiger partial charge in [0.05, 0.1) is 5.56 Å². The minimum atomic E-state index is -0.811. The lowest BCUT2D eigenvalue weighted by atomic mass is 10.2. The normalized spacial score (nSPS) is 11.4. The van der Waals surface area contributed by atoms with Crippen LogP contribution in [-0.4, -0.2) is 23.0 Å². The van der Waals surface area contributed by atoms with Gasteiger partial charge in [0.1, 0.15) is 11.5 Å². The van der Waals surface area contributed by atoms with Gasteiger partial charge >= 0.3 is 0 Å². The zero-order valence-electron chi connectivity index (χ0n) is 12.2. The highest BCUT2D eigenvalue weighted by Gasteiger charge is 2.17. The maximum absolute atomic E-state index is 11.9. The average Bonchev–Trinajstić information content (AvgIpc) is 2.52. The zero-order chi connectivity index (χ0) is 16.8. The van der Waals surface area contributed by atoms with Crippen molar-refractivity contribution in [2.24, 2.45) is 0 Å². The van der Waals surface area contributed by atoms with E-state index in [4.69, 9.17) is 4.74 Å². The molecule has 0 aliphatic rings. The lowest BCUT2D eigenvalue weighted by molar-refractivity contribution is -0.128. The Balaban J connectivity index is 1.89. The highest BCUT2D eigenvalue weighted by molar-refractivity contribution is 9.10. The number of halogens is 1. The molecule has 0 heterocycles. The SMILES string of the molecule is C[C@H](Oc1cccc(Br)c1)C(=O)NNC(=O)c1ccccc1O. The molecule has 0 bridgehead atoms. The number of carbonyl (C=O) groups is 2. The van der Waals surface area contributed by atoms with Crippen molar-refractivity contribution in [2.45, 2.75) is 13.0 Å². The topological polar surface area (TPSA) is 87.7 Å². The number of ether oxygens (including phenoxy) is 1. The van der Waals surface area contributed by atoms with E-state index in [-0.39, 0.29) is 11.3 Å². The fourth-order valence-corrected chi connectivity index (χ4v) is 2.13. The van der Waals surface area contributed by atoms with E-state index in [1.54, 1.807) is 37.3 Å². The first-order valence-corrected chi connectivity index (χ1v) is 7.57. The van der Waals surface area contributed by atoms with Crippen molar-refractivity contribution in [3.05, 3.63) is 58.6 Å². The summed E-state index contributed by atoms with van der Waals surface area (Å²) in [5.74, 6) is -0.786. The van der Waals surface area contributed by atoms with Crippen LogP contribution in [0.5, 0.6) is 11.5 Å². The molecule has 2 amide bonds. The van der Waals surface area contributed by atoms with E-state index in [0.29, 0.717) is 5.75 Å². The molecule has 2 aromatic carbocycles. The molecule has 0 saturated heterocycles. The Labute approximate surface area is 141 Å². The highest BCUT2D eigenvalue weighted by atomic mass is 79.9. The van der Waals surface area contributed by atoms with Gasteiger partial charge in [0, 0.05) is 4.47 Å². The zero-order valence-corrected chi connectivity index (χ0v) is 13.8. The summed E-state index contributed by atoms with van der Waals surface area (Å²) in [6.07, 6.45) is -0.811. The molecule has 6 nitrogen and oxygen atoms in total. The third kappa shape index (κ3) is 4.72. The Bertz CT molecular complexity index is 721. The molecule has 23 heavy (non-hydrogen) atoms. The second-order valence-electron chi connectivity index (χ2n) is 4.68. The minimum absolute atomic E-state index is 0.0633. The number of benzene rings is 2. The van der Waals surface area contributed by atoms with Crippen LogP contribution in [0.2, 0.25) is 0 Å².